The Kier molecular flexibility index (Phi) is 2.77. The molecule has 0 saturated carbocycles. The SMILES string of the molecule is Oc1ccc(C2CCCCN2)c(O)c1F. The van der Waals surface area contributed by atoms with Crippen LogP contribution in [0.4, 0.5) is 4.39 Å². The van der Waals surface area contributed by atoms with Gasteiger partial charge in [0.05, 0.1) is 0 Å². The Labute approximate surface area is 87.6 Å². The van der Waals surface area contributed by atoms with Crippen LogP contribution in [0.5, 0.6) is 11.5 Å². The number of hydrogen-bond donors (Lipinski definition) is 3. The zero-order valence-electron chi connectivity index (χ0n) is 8.33. The van der Waals surface area contributed by atoms with Crippen LogP contribution in [0, 0.1) is 5.82 Å². The van der Waals surface area contributed by atoms with Gasteiger partial charge >= 0.3 is 0 Å². The molecule has 3 N–H and O–H groups in total. The topological polar surface area (TPSA) is 52.5 Å². The molecular formula is C11H14FNO2. The molecule has 3 nitrogen and oxygen atoms in total. The number of rotatable bonds is 1. The Morgan fingerprint density at radius 2 is 2.07 bits per heavy atom. The van der Waals surface area contributed by atoms with Gasteiger partial charge in [-0.3, -0.25) is 0 Å². The number of nitrogens with one attached hydrogen (secondary N) is 1. The molecule has 1 heterocycles. The first kappa shape index (κ1) is 10.2. The van der Waals surface area contributed by atoms with Crippen LogP contribution in [-0.4, -0.2) is 16.8 Å². The Morgan fingerprint density at radius 1 is 1.27 bits per heavy atom. The van der Waals surface area contributed by atoms with Crippen LogP contribution in [0.1, 0.15) is 30.9 Å². The fraction of sp³-hybridized carbons (Fsp3) is 0.455. The lowest BCUT2D eigenvalue weighted by molar-refractivity contribution is 0.361. The highest BCUT2D eigenvalue weighted by atomic mass is 19.1. The highest BCUT2D eigenvalue weighted by Crippen LogP contribution is 2.35. The maximum Gasteiger partial charge on any atom is 0.206 e. The summed E-state index contributed by atoms with van der Waals surface area (Å²) in [6.07, 6.45) is 3.06. The second-order valence-corrected chi connectivity index (χ2v) is 3.84. The summed E-state index contributed by atoms with van der Waals surface area (Å²) < 4.78 is 13.2. The summed E-state index contributed by atoms with van der Waals surface area (Å²) in [7, 11) is 0. The van der Waals surface area contributed by atoms with E-state index in [2.05, 4.69) is 5.32 Å². The van der Waals surface area contributed by atoms with Gasteiger partial charge in [0.1, 0.15) is 0 Å². The van der Waals surface area contributed by atoms with Crippen molar-refractivity contribution in [3.63, 3.8) is 0 Å². The molecule has 0 aromatic heterocycles. The fourth-order valence-electron chi connectivity index (χ4n) is 1.97. The van der Waals surface area contributed by atoms with E-state index in [1.165, 1.54) is 6.07 Å². The number of piperidine rings is 1. The van der Waals surface area contributed by atoms with Crippen molar-refractivity contribution in [3.05, 3.63) is 23.5 Å². The number of benzene rings is 1. The van der Waals surface area contributed by atoms with Crippen molar-refractivity contribution in [2.75, 3.05) is 6.54 Å². The van der Waals surface area contributed by atoms with Crippen LogP contribution in [0.2, 0.25) is 0 Å². The lowest BCUT2D eigenvalue weighted by Gasteiger charge is -2.24. The molecule has 2 rings (SSSR count). The van der Waals surface area contributed by atoms with E-state index in [-0.39, 0.29) is 6.04 Å². The van der Waals surface area contributed by atoms with Crippen LogP contribution in [-0.2, 0) is 0 Å². The minimum absolute atomic E-state index is 0.00569. The molecule has 0 amide bonds. The van der Waals surface area contributed by atoms with Gasteiger partial charge in [0.25, 0.3) is 0 Å². The third kappa shape index (κ3) is 1.90. The first-order chi connectivity index (χ1) is 7.20. The van der Waals surface area contributed by atoms with Crippen LogP contribution in [0.3, 0.4) is 0 Å². The molecule has 1 aromatic carbocycles. The normalized spacial score (nSPS) is 21.5. The van der Waals surface area contributed by atoms with Gasteiger partial charge in [0.2, 0.25) is 5.82 Å². The Balaban J connectivity index is 2.31. The van der Waals surface area contributed by atoms with E-state index in [1.807, 2.05) is 0 Å². The molecule has 1 aliphatic heterocycles. The lowest BCUT2D eigenvalue weighted by atomic mass is 9.96. The first-order valence-corrected chi connectivity index (χ1v) is 5.14. The van der Waals surface area contributed by atoms with Crippen molar-refractivity contribution in [2.45, 2.75) is 25.3 Å². The maximum atomic E-state index is 13.2. The Hall–Kier alpha value is -1.29. The number of phenolic OH excluding ortho intramolecular Hbond substituents is 2. The van der Waals surface area contributed by atoms with E-state index in [0.29, 0.717) is 5.56 Å². The van der Waals surface area contributed by atoms with E-state index in [0.717, 1.165) is 25.8 Å². The van der Waals surface area contributed by atoms with Crippen molar-refractivity contribution in [2.24, 2.45) is 0 Å². The van der Waals surface area contributed by atoms with Crippen LogP contribution in [0.15, 0.2) is 12.1 Å². The minimum Gasteiger partial charge on any atom is -0.505 e. The molecule has 82 valence electrons. The summed E-state index contributed by atoms with van der Waals surface area (Å²) in [4.78, 5) is 0. The predicted octanol–water partition coefficient (Wildman–Crippen LogP) is 2.05. The molecule has 15 heavy (non-hydrogen) atoms. The second-order valence-electron chi connectivity index (χ2n) is 3.84. The van der Waals surface area contributed by atoms with E-state index in [1.54, 1.807) is 6.07 Å². The molecule has 1 unspecified atom stereocenters. The molecule has 0 bridgehead atoms. The molecule has 1 aliphatic rings. The summed E-state index contributed by atoms with van der Waals surface area (Å²) in [5, 5.41) is 21.8. The first-order valence-electron chi connectivity index (χ1n) is 5.14. The Morgan fingerprint density at radius 3 is 2.73 bits per heavy atom. The van der Waals surface area contributed by atoms with Gasteiger partial charge in [-0.1, -0.05) is 6.42 Å². The van der Waals surface area contributed by atoms with Gasteiger partial charge in [-0.2, -0.15) is 4.39 Å². The fourth-order valence-corrected chi connectivity index (χ4v) is 1.97. The van der Waals surface area contributed by atoms with Crippen LogP contribution < -0.4 is 5.32 Å². The smallest absolute Gasteiger partial charge is 0.206 e. The van der Waals surface area contributed by atoms with Crippen LogP contribution >= 0.6 is 0 Å². The summed E-state index contributed by atoms with van der Waals surface area (Å²) >= 11 is 0. The monoisotopic (exact) mass is 211 g/mol. The molecule has 1 aromatic rings. The van der Waals surface area contributed by atoms with Gasteiger partial charge in [-0.15, -0.1) is 0 Å². The molecule has 1 atom stereocenters. The zero-order chi connectivity index (χ0) is 10.8. The lowest BCUT2D eigenvalue weighted by Crippen LogP contribution is -2.26. The maximum absolute atomic E-state index is 13.2. The quantitative estimate of drug-likeness (QED) is 0.666. The number of halogens is 1. The number of aromatic hydroxyl groups is 2. The molecule has 0 aliphatic carbocycles. The van der Waals surface area contributed by atoms with Crippen LogP contribution in [0.25, 0.3) is 0 Å². The Bertz CT molecular complexity index is 362. The molecule has 4 heteroatoms. The molecule has 0 radical (unpaired) electrons. The minimum atomic E-state index is -0.931. The standard InChI is InChI=1S/C11H14FNO2/c12-10-9(14)5-4-7(11(10)15)8-3-1-2-6-13-8/h4-5,8,13-15H,1-3,6H2. The molecule has 1 saturated heterocycles. The van der Waals surface area contributed by atoms with Gasteiger partial charge in [-0.05, 0) is 31.5 Å². The van der Waals surface area contributed by atoms with Crippen molar-refractivity contribution in [1.29, 1.82) is 0 Å². The molecular weight excluding hydrogens is 197 g/mol. The second kappa shape index (κ2) is 4.06. The van der Waals surface area contributed by atoms with Gasteiger partial charge in [0, 0.05) is 11.6 Å². The van der Waals surface area contributed by atoms with Crippen molar-refractivity contribution < 1.29 is 14.6 Å². The van der Waals surface area contributed by atoms with Gasteiger partial charge in [-0.25, -0.2) is 0 Å². The summed E-state index contributed by atoms with van der Waals surface area (Å²) in [6, 6.07) is 2.84. The predicted molar refractivity (Wildman–Crippen MR) is 54.3 cm³/mol. The third-order valence-electron chi connectivity index (χ3n) is 2.81. The highest BCUT2D eigenvalue weighted by molar-refractivity contribution is 5.42. The largest absolute Gasteiger partial charge is 0.505 e. The number of hydrogen-bond acceptors (Lipinski definition) is 3. The third-order valence-corrected chi connectivity index (χ3v) is 2.81. The van der Waals surface area contributed by atoms with Crippen molar-refractivity contribution >= 4 is 0 Å². The average molecular weight is 211 g/mol. The van der Waals surface area contributed by atoms with E-state index < -0.39 is 17.3 Å². The van der Waals surface area contributed by atoms with E-state index in [4.69, 9.17) is 5.11 Å². The highest BCUT2D eigenvalue weighted by Gasteiger charge is 2.21. The molecule has 1 fully saturated rings. The zero-order valence-corrected chi connectivity index (χ0v) is 8.33. The summed E-state index contributed by atoms with van der Waals surface area (Å²) in [6.45, 7) is 0.882. The number of phenols is 2. The van der Waals surface area contributed by atoms with E-state index in [9.17, 15) is 9.50 Å². The van der Waals surface area contributed by atoms with Crippen molar-refractivity contribution in [3.8, 4) is 11.5 Å². The molecule has 0 spiro atoms. The van der Waals surface area contributed by atoms with E-state index >= 15 is 0 Å². The summed E-state index contributed by atoms with van der Waals surface area (Å²) in [5.41, 5.74) is 0.532. The van der Waals surface area contributed by atoms with Gasteiger partial charge < -0.3 is 15.5 Å². The van der Waals surface area contributed by atoms with Gasteiger partial charge in [0.15, 0.2) is 11.5 Å². The van der Waals surface area contributed by atoms with Crippen molar-refractivity contribution in [1.82, 2.24) is 5.32 Å². The average Bonchev–Trinajstić information content (AvgIpc) is 2.27. The summed E-state index contributed by atoms with van der Waals surface area (Å²) in [5.74, 6) is -1.87.